The summed E-state index contributed by atoms with van der Waals surface area (Å²) < 4.78 is 39.8. The summed E-state index contributed by atoms with van der Waals surface area (Å²) in [5.41, 5.74) is -0.568. The number of rotatable bonds is 4. The van der Waals surface area contributed by atoms with Crippen LogP contribution in [-0.2, 0) is 12.7 Å². The van der Waals surface area contributed by atoms with E-state index in [4.69, 9.17) is 11.6 Å². The van der Waals surface area contributed by atoms with E-state index in [1.165, 1.54) is 0 Å². The lowest BCUT2D eigenvalue weighted by Crippen LogP contribution is -2.08. The van der Waals surface area contributed by atoms with Gasteiger partial charge in [-0.05, 0) is 24.3 Å². The molecule has 130 valence electrons. The van der Waals surface area contributed by atoms with Crippen molar-refractivity contribution >= 4 is 28.6 Å². The van der Waals surface area contributed by atoms with Crippen molar-refractivity contribution in [3.05, 3.63) is 69.1 Å². The van der Waals surface area contributed by atoms with Crippen LogP contribution in [0.5, 0.6) is 0 Å². The van der Waals surface area contributed by atoms with Crippen LogP contribution < -0.4 is 5.32 Å². The Morgan fingerprint density at radius 2 is 2.00 bits per heavy atom. The van der Waals surface area contributed by atoms with E-state index >= 15 is 0 Å². The van der Waals surface area contributed by atoms with Gasteiger partial charge in [-0.1, -0.05) is 11.6 Å². The number of nitrogens with zero attached hydrogens (tertiary/aromatic N) is 3. The van der Waals surface area contributed by atoms with Crippen molar-refractivity contribution in [2.45, 2.75) is 12.7 Å². The lowest BCUT2D eigenvalue weighted by atomic mass is 10.1. The van der Waals surface area contributed by atoms with E-state index in [1.54, 1.807) is 28.9 Å². The Balaban J connectivity index is 1.85. The van der Waals surface area contributed by atoms with Gasteiger partial charge < -0.3 is 9.72 Å². The van der Waals surface area contributed by atoms with E-state index in [1.807, 2.05) is 0 Å². The quantitative estimate of drug-likeness (QED) is 0.541. The van der Waals surface area contributed by atoms with E-state index in [0.29, 0.717) is 22.4 Å². The zero-order chi connectivity index (χ0) is 18.2. The van der Waals surface area contributed by atoms with Crippen LogP contribution >= 0.6 is 11.6 Å². The number of pyridine rings is 1. The van der Waals surface area contributed by atoms with Crippen molar-refractivity contribution < 1.29 is 18.1 Å². The van der Waals surface area contributed by atoms with Crippen LogP contribution in [0.2, 0.25) is 5.02 Å². The molecule has 25 heavy (non-hydrogen) atoms. The summed E-state index contributed by atoms with van der Waals surface area (Å²) in [7, 11) is 0. The number of nitro groups is 1. The Bertz CT molecular complexity index is 956. The number of aromatic nitrogens is 2. The van der Waals surface area contributed by atoms with E-state index in [2.05, 4.69) is 10.3 Å². The lowest BCUT2D eigenvalue weighted by Gasteiger charge is -2.09. The summed E-state index contributed by atoms with van der Waals surface area (Å²) in [4.78, 5) is 14.5. The van der Waals surface area contributed by atoms with Gasteiger partial charge in [0.25, 0.3) is 5.69 Å². The lowest BCUT2D eigenvalue weighted by molar-refractivity contribution is -0.384. The normalized spacial score (nSPS) is 11.7. The largest absolute Gasteiger partial charge is 0.416 e. The fraction of sp³-hybridized carbons (Fsp3) is 0.133. The van der Waals surface area contributed by atoms with Gasteiger partial charge in [-0.3, -0.25) is 10.1 Å². The van der Waals surface area contributed by atoms with Gasteiger partial charge in [0.2, 0.25) is 0 Å². The first kappa shape index (κ1) is 17.0. The maximum Gasteiger partial charge on any atom is 0.416 e. The van der Waals surface area contributed by atoms with Gasteiger partial charge in [0.05, 0.1) is 27.7 Å². The smallest absolute Gasteiger partial charge is 0.374 e. The standard InChI is InChI=1S/C15H10ClF3N4O2/c16-10-2-4-14-21-11(8-22(14)7-10)6-20-12-3-1-9(15(17,18)19)5-13(12)23(24)25/h1-5,7-8,20H,6H2. The number of hydrogen-bond donors (Lipinski definition) is 1. The highest BCUT2D eigenvalue weighted by Crippen LogP contribution is 2.35. The Morgan fingerprint density at radius 3 is 2.68 bits per heavy atom. The first-order valence-electron chi connectivity index (χ1n) is 6.97. The summed E-state index contributed by atoms with van der Waals surface area (Å²) in [5.74, 6) is 0. The molecule has 2 aromatic heterocycles. The maximum absolute atomic E-state index is 12.7. The van der Waals surface area contributed by atoms with Crippen molar-refractivity contribution in [2.24, 2.45) is 0 Å². The molecular weight excluding hydrogens is 361 g/mol. The predicted molar refractivity (Wildman–Crippen MR) is 85.6 cm³/mol. The molecule has 2 heterocycles. The van der Waals surface area contributed by atoms with Gasteiger partial charge in [0, 0.05) is 18.5 Å². The molecule has 0 radical (unpaired) electrons. The molecule has 0 saturated carbocycles. The van der Waals surface area contributed by atoms with Crippen molar-refractivity contribution in [2.75, 3.05) is 5.32 Å². The van der Waals surface area contributed by atoms with Crippen LogP contribution in [0.1, 0.15) is 11.3 Å². The summed E-state index contributed by atoms with van der Waals surface area (Å²) in [6.07, 6.45) is -1.33. The molecule has 1 N–H and O–H groups in total. The highest BCUT2D eigenvalue weighted by atomic mass is 35.5. The summed E-state index contributed by atoms with van der Waals surface area (Å²) in [6, 6.07) is 5.70. The number of anilines is 1. The molecule has 10 heteroatoms. The van der Waals surface area contributed by atoms with Gasteiger partial charge in [-0.2, -0.15) is 13.2 Å². The van der Waals surface area contributed by atoms with Crippen molar-refractivity contribution in [1.29, 1.82) is 0 Å². The van der Waals surface area contributed by atoms with Crippen LogP contribution in [0.4, 0.5) is 24.5 Å². The molecule has 0 spiro atoms. The molecule has 0 aliphatic rings. The molecule has 0 aliphatic heterocycles. The van der Waals surface area contributed by atoms with Crippen molar-refractivity contribution in [3.63, 3.8) is 0 Å². The molecule has 0 fully saturated rings. The number of fused-ring (bicyclic) bond motifs is 1. The zero-order valence-corrected chi connectivity index (χ0v) is 13.2. The van der Waals surface area contributed by atoms with E-state index in [9.17, 15) is 23.3 Å². The average molecular weight is 371 g/mol. The van der Waals surface area contributed by atoms with Crippen LogP contribution in [0.15, 0.2) is 42.7 Å². The van der Waals surface area contributed by atoms with Gasteiger partial charge in [-0.15, -0.1) is 0 Å². The third-order valence-electron chi connectivity index (χ3n) is 3.45. The van der Waals surface area contributed by atoms with Crippen LogP contribution in [0.3, 0.4) is 0 Å². The number of nitro benzene ring substituents is 1. The molecule has 3 aromatic rings. The molecular formula is C15H10ClF3N4O2. The first-order valence-corrected chi connectivity index (χ1v) is 7.34. The number of alkyl halides is 3. The van der Waals surface area contributed by atoms with Crippen molar-refractivity contribution in [1.82, 2.24) is 9.38 Å². The molecule has 0 atom stereocenters. The molecule has 0 amide bonds. The molecule has 0 unspecified atom stereocenters. The van der Waals surface area contributed by atoms with E-state index < -0.39 is 22.4 Å². The second-order valence-electron chi connectivity index (χ2n) is 5.19. The number of imidazole rings is 1. The Hall–Kier alpha value is -2.81. The number of benzene rings is 1. The minimum absolute atomic E-state index is 0.0203. The SMILES string of the molecule is O=[N+]([O-])c1cc(C(F)(F)F)ccc1NCc1cn2cc(Cl)ccc2n1. The first-order chi connectivity index (χ1) is 11.7. The number of hydrogen-bond acceptors (Lipinski definition) is 4. The van der Waals surface area contributed by atoms with Crippen LogP contribution in [0.25, 0.3) is 5.65 Å². The fourth-order valence-corrected chi connectivity index (χ4v) is 2.46. The van der Waals surface area contributed by atoms with Gasteiger partial charge >= 0.3 is 6.18 Å². The van der Waals surface area contributed by atoms with Crippen molar-refractivity contribution in [3.8, 4) is 0 Å². The Labute approximate surface area is 144 Å². The number of nitrogens with one attached hydrogen (secondary N) is 1. The maximum atomic E-state index is 12.7. The molecule has 1 aromatic carbocycles. The summed E-state index contributed by atoms with van der Waals surface area (Å²) in [5, 5.41) is 14.3. The van der Waals surface area contributed by atoms with E-state index in [-0.39, 0.29) is 12.2 Å². The minimum atomic E-state index is -4.65. The monoisotopic (exact) mass is 370 g/mol. The summed E-state index contributed by atoms with van der Waals surface area (Å²) in [6.45, 7) is 0.103. The predicted octanol–water partition coefficient (Wildman–Crippen LogP) is 4.53. The minimum Gasteiger partial charge on any atom is -0.374 e. The molecule has 3 rings (SSSR count). The van der Waals surface area contributed by atoms with Gasteiger partial charge in [0.1, 0.15) is 11.3 Å². The molecule has 0 saturated heterocycles. The second-order valence-corrected chi connectivity index (χ2v) is 5.62. The second kappa shape index (κ2) is 6.25. The molecule has 0 bridgehead atoms. The molecule has 6 nitrogen and oxygen atoms in total. The Morgan fingerprint density at radius 1 is 1.24 bits per heavy atom. The molecule has 0 aliphatic carbocycles. The van der Waals surface area contributed by atoms with Gasteiger partial charge in [-0.25, -0.2) is 4.98 Å². The zero-order valence-electron chi connectivity index (χ0n) is 12.4. The summed E-state index contributed by atoms with van der Waals surface area (Å²) >= 11 is 5.88. The highest BCUT2D eigenvalue weighted by Gasteiger charge is 2.33. The van der Waals surface area contributed by atoms with Gasteiger partial charge in [0.15, 0.2) is 0 Å². The third-order valence-corrected chi connectivity index (χ3v) is 3.67. The average Bonchev–Trinajstić information content (AvgIpc) is 2.93. The van der Waals surface area contributed by atoms with E-state index in [0.717, 1.165) is 12.1 Å². The van der Waals surface area contributed by atoms with Crippen LogP contribution in [0, 0.1) is 10.1 Å². The fourth-order valence-electron chi connectivity index (χ4n) is 2.30. The Kier molecular flexibility index (Phi) is 4.25. The highest BCUT2D eigenvalue weighted by molar-refractivity contribution is 6.30. The number of halogens is 4. The topological polar surface area (TPSA) is 72.5 Å². The third kappa shape index (κ3) is 3.66. The van der Waals surface area contributed by atoms with Crippen LogP contribution in [-0.4, -0.2) is 14.3 Å².